The van der Waals surface area contributed by atoms with Crippen LogP contribution in [0.3, 0.4) is 0 Å². The van der Waals surface area contributed by atoms with Crippen LogP contribution in [0.2, 0.25) is 0 Å². The van der Waals surface area contributed by atoms with Gasteiger partial charge in [0.05, 0.1) is 12.8 Å². The minimum Gasteiger partial charge on any atom is -0.495 e. The van der Waals surface area contributed by atoms with Crippen molar-refractivity contribution in [3.63, 3.8) is 0 Å². The van der Waals surface area contributed by atoms with Gasteiger partial charge in [0.15, 0.2) is 0 Å². The molecule has 1 saturated heterocycles. The molecular weight excluding hydrogens is 312 g/mol. The number of benzene rings is 1. The summed E-state index contributed by atoms with van der Waals surface area (Å²) < 4.78 is 33.8. The average Bonchev–Trinajstić information content (AvgIpc) is 2.53. The molecule has 2 rings (SSSR count). The number of para-hydroxylation sites is 2. The normalized spacial score (nSPS) is 20.2. The molecule has 0 N–H and O–H groups in total. The summed E-state index contributed by atoms with van der Waals surface area (Å²) in [5.41, 5.74) is 0.527. The molecule has 1 aromatic rings. The smallest absolute Gasteiger partial charge is 0.304 e. The predicted molar refractivity (Wildman–Crippen MR) is 85.4 cm³/mol. The lowest BCUT2D eigenvalue weighted by molar-refractivity contribution is 0.271. The first-order chi connectivity index (χ1) is 10.0. The van der Waals surface area contributed by atoms with E-state index in [-0.39, 0.29) is 6.04 Å². The molecule has 1 fully saturated rings. The Kier molecular flexibility index (Phi) is 5.35. The van der Waals surface area contributed by atoms with Crippen LogP contribution in [0.25, 0.3) is 0 Å². The van der Waals surface area contributed by atoms with Gasteiger partial charge in [-0.2, -0.15) is 12.7 Å². The minimum atomic E-state index is -3.61. The molecule has 0 spiro atoms. The van der Waals surface area contributed by atoms with Crippen LogP contribution in [0, 0.1) is 0 Å². The van der Waals surface area contributed by atoms with Crippen LogP contribution in [-0.2, 0) is 10.2 Å². The highest BCUT2D eigenvalue weighted by Gasteiger charge is 2.35. The van der Waals surface area contributed by atoms with Crippen LogP contribution in [0.5, 0.6) is 5.75 Å². The van der Waals surface area contributed by atoms with Gasteiger partial charge in [-0.3, -0.25) is 4.31 Å². The van der Waals surface area contributed by atoms with Crippen molar-refractivity contribution in [3.8, 4) is 5.75 Å². The molecule has 0 bridgehead atoms. The fourth-order valence-electron chi connectivity index (χ4n) is 2.60. The van der Waals surface area contributed by atoms with E-state index in [4.69, 9.17) is 16.3 Å². The van der Waals surface area contributed by atoms with E-state index in [1.165, 1.54) is 15.7 Å². The molecule has 0 radical (unpaired) electrons. The number of anilines is 1. The molecular formula is C14H21ClN2O3S. The van der Waals surface area contributed by atoms with Crippen molar-refractivity contribution in [3.05, 3.63) is 24.3 Å². The van der Waals surface area contributed by atoms with Gasteiger partial charge >= 0.3 is 10.2 Å². The van der Waals surface area contributed by atoms with Crippen LogP contribution >= 0.6 is 11.6 Å². The fourth-order valence-corrected chi connectivity index (χ4v) is 4.64. The Bertz CT molecular complexity index is 579. The molecule has 1 atom stereocenters. The Labute approximate surface area is 131 Å². The summed E-state index contributed by atoms with van der Waals surface area (Å²) in [5, 5.41) is 0. The van der Waals surface area contributed by atoms with Crippen molar-refractivity contribution in [1.29, 1.82) is 0 Å². The van der Waals surface area contributed by atoms with Gasteiger partial charge in [-0.15, -0.1) is 11.6 Å². The van der Waals surface area contributed by atoms with Gasteiger partial charge in [0.1, 0.15) is 5.75 Å². The third kappa shape index (κ3) is 3.27. The summed E-state index contributed by atoms with van der Waals surface area (Å²) in [6.07, 6.45) is 2.69. The first-order valence-electron chi connectivity index (χ1n) is 6.97. The summed E-state index contributed by atoms with van der Waals surface area (Å²) in [7, 11) is -0.529. The maximum atomic E-state index is 12.9. The highest BCUT2D eigenvalue weighted by atomic mass is 35.5. The van der Waals surface area contributed by atoms with E-state index in [1.807, 2.05) is 6.07 Å². The quantitative estimate of drug-likeness (QED) is 0.778. The number of ether oxygens (including phenoxy) is 1. The van der Waals surface area contributed by atoms with Crippen molar-refractivity contribution >= 4 is 27.5 Å². The molecule has 5 nitrogen and oxygen atoms in total. The second-order valence-electron chi connectivity index (χ2n) is 5.06. The van der Waals surface area contributed by atoms with Crippen molar-refractivity contribution in [2.75, 3.05) is 30.9 Å². The van der Waals surface area contributed by atoms with Gasteiger partial charge in [-0.25, -0.2) is 0 Å². The maximum Gasteiger partial charge on any atom is 0.304 e. The molecule has 7 heteroatoms. The Balaban J connectivity index is 2.33. The number of hydrogen-bond acceptors (Lipinski definition) is 3. The van der Waals surface area contributed by atoms with Crippen molar-refractivity contribution in [2.24, 2.45) is 0 Å². The van der Waals surface area contributed by atoms with E-state index in [0.717, 1.165) is 19.3 Å². The van der Waals surface area contributed by atoms with Crippen LogP contribution in [0.4, 0.5) is 5.69 Å². The number of halogens is 1. The zero-order valence-corrected chi connectivity index (χ0v) is 13.9. The van der Waals surface area contributed by atoms with Crippen LogP contribution in [-0.4, -0.2) is 45.3 Å². The Morgan fingerprint density at radius 2 is 2.10 bits per heavy atom. The SMILES string of the molecule is COc1ccccc1N(C)S(=O)(=O)N1CCCCC1CCl. The summed E-state index contributed by atoms with van der Waals surface area (Å²) >= 11 is 5.94. The van der Waals surface area contributed by atoms with Crippen LogP contribution < -0.4 is 9.04 Å². The zero-order chi connectivity index (χ0) is 15.5. The highest BCUT2D eigenvalue weighted by molar-refractivity contribution is 7.90. The van der Waals surface area contributed by atoms with Crippen LogP contribution in [0.1, 0.15) is 19.3 Å². The molecule has 0 aromatic heterocycles. The predicted octanol–water partition coefficient (Wildman–Crippen LogP) is 2.47. The van der Waals surface area contributed by atoms with Gasteiger partial charge < -0.3 is 4.74 Å². The molecule has 1 unspecified atom stereocenters. The number of methoxy groups -OCH3 is 1. The molecule has 118 valence electrons. The van der Waals surface area contributed by atoms with E-state index < -0.39 is 10.2 Å². The lowest BCUT2D eigenvalue weighted by Gasteiger charge is -2.36. The van der Waals surface area contributed by atoms with Gasteiger partial charge in [-0.05, 0) is 25.0 Å². The zero-order valence-electron chi connectivity index (χ0n) is 12.3. The summed E-state index contributed by atoms with van der Waals surface area (Å²) in [6.45, 7) is 0.513. The van der Waals surface area contributed by atoms with Crippen LogP contribution in [0.15, 0.2) is 24.3 Å². The third-order valence-corrected chi connectivity index (χ3v) is 6.14. The molecule has 1 aliphatic rings. The number of nitrogens with zero attached hydrogens (tertiary/aromatic N) is 2. The summed E-state index contributed by atoms with van der Waals surface area (Å²) in [4.78, 5) is 0. The molecule has 21 heavy (non-hydrogen) atoms. The topological polar surface area (TPSA) is 49.9 Å². The highest BCUT2D eigenvalue weighted by Crippen LogP contribution is 2.31. The number of alkyl halides is 1. The average molecular weight is 333 g/mol. The molecule has 0 saturated carbocycles. The maximum absolute atomic E-state index is 12.9. The van der Waals surface area contributed by atoms with Gasteiger partial charge in [0.2, 0.25) is 0 Å². The Hall–Kier alpha value is -0.980. The van der Waals surface area contributed by atoms with Gasteiger partial charge in [0.25, 0.3) is 0 Å². The number of rotatable bonds is 5. The second-order valence-corrected chi connectivity index (χ2v) is 7.28. The van der Waals surface area contributed by atoms with E-state index in [9.17, 15) is 8.42 Å². The van der Waals surface area contributed by atoms with Crippen molar-refractivity contribution in [1.82, 2.24) is 4.31 Å². The molecule has 0 amide bonds. The first-order valence-corrected chi connectivity index (χ1v) is 8.90. The van der Waals surface area contributed by atoms with Gasteiger partial charge in [0, 0.05) is 25.5 Å². The second kappa shape index (κ2) is 6.85. The first kappa shape index (κ1) is 16.4. The standard InChI is InChI=1S/C14H21ClN2O3S/c1-16(13-8-3-4-9-14(13)20-2)21(18,19)17-10-6-5-7-12(17)11-15/h3-4,8-9,12H,5-7,10-11H2,1-2H3. The van der Waals surface area contributed by atoms with E-state index >= 15 is 0 Å². The minimum absolute atomic E-state index is 0.137. The van der Waals surface area contributed by atoms with E-state index in [1.54, 1.807) is 25.2 Å². The Morgan fingerprint density at radius 3 is 2.76 bits per heavy atom. The summed E-state index contributed by atoms with van der Waals surface area (Å²) in [5.74, 6) is 0.849. The lowest BCUT2D eigenvalue weighted by Crippen LogP contribution is -2.50. The molecule has 1 aromatic carbocycles. The number of hydrogen-bond donors (Lipinski definition) is 0. The lowest BCUT2D eigenvalue weighted by atomic mass is 10.1. The number of piperidine rings is 1. The van der Waals surface area contributed by atoms with Crippen molar-refractivity contribution < 1.29 is 13.2 Å². The summed E-state index contributed by atoms with van der Waals surface area (Å²) in [6, 6.07) is 6.94. The Morgan fingerprint density at radius 1 is 1.38 bits per heavy atom. The largest absolute Gasteiger partial charge is 0.495 e. The molecule has 1 aliphatic heterocycles. The fraction of sp³-hybridized carbons (Fsp3) is 0.571. The monoisotopic (exact) mass is 332 g/mol. The van der Waals surface area contributed by atoms with Gasteiger partial charge in [-0.1, -0.05) is 18.6 Å². The molecule has 1 heterocycles. The third-order valence-electron chi connectivity index (χ3n) is 3.82. The molecule has 0 aliphatic carbocycles. The van der Waals surface area contributed by atoms with Crippen molar-refractivity contribution in [2.45, 2.75) is 25.3 Å². The van der Waals surface area contributed by atoms with E-state index in [0.29, 0.717) is 23.9 Å². The van der Waals surface area contributed by atoms with E-state index in [2.05, 4.69) is 0 Å².